The summed E-state index contributed by atoms with van der Waals surface area (Å²) in [6, 6.07) is 5.44. The van der Waals surface area contributed by atoms with Crippen LogP contribution >= 0.6 is 0 Å². The van der Waals surface area contributed by atoms with Crippen LogP contribution in [0.1, 0.15) is 38.2 Å². The molecular weight excluding hydrogens is 315 g/mol. The van der Waals surface area contributed by atoms with E-state index in [0.29, 0.717) is 18.4 Å². The predicted octanol–water partition coefficient (Wildman–Crippen LogP) is 2.02. The molecule has 7 heteroatoms. The minimum Gasteiger partial charge on any atom is -0.452 e. The third kappa shape index (κ3) is 3.55. The lowest BCUT2D eigenvalue weighted by atomic mass is 9.78. The fraction of sp³-hybridized carbons (Fsp3) is 0.471. The molecule has 6 nitrogen and oxygen atoms in total. The monoisotopic (exact) mass is 336 g/mol. The summed E-state index contributed by atoms with van der Waals surface area (Å²) in [6.07, 6.45) is 1.34. The van der Waals surface area contributed by atoms with E-state index in [1.54, 1.807) is 18.2 Å². The number of carbonyl (C=O) groups is 3. The fourth-order valence-electron chi connectivity index (χ4n) is 3.01. The standard InChI is InChI=1S/C17H21FN2O4/c1-11(14(21)20-16(23)19-2)24-15(22)17(9-5-6-10-17)12-7-3-4-8-13(12)18/h3-4,7-8,11H,5-6,9-10H2,1-2H3,(H2,19,20,21,23)/t11-/m1/s1. The van der Waals surface area contributed by atoms with E-state index in [1.165, 1.54) is 20.0 Å². The third-order valence-electron chi connectivity index (χ3n) is 4.35. The smallest absolute Gasteiger partial charge is 0.321 e. The van der Waals surface area contributed by atoms with Gasteiger partial charge in [-0.15, -0.1) is 0 Å². The largest absolute Gasteiger partial charge is 0.452 e. The molecule has 2 N–H and O–H groups in total. The minimum atomic E-state index is -1.15. The second kappa shape index (κ2) is 7.42. The van der Waals surface area contributed by atoms with Crippen molar-refractivity contribution in [3.05, 3.63) is 35.6 Å². The Balaban J connectivity index is 2.17. The van der Waals surface area contributed by atoms with Crippen LogP contribution in [0.4, 0.5) is 9.18 Å². The molecule has 1 aliphatic rings. The summed E-state index contributed by atoms with van der Waals surface area (Å²) in [5.74, 6) is -1.83. The summed E-state index contributed by atoms with van der Waals surface area (Å²) in [6.45, 7) is 1.38. The summed E-state index contributed by atoms with van der Waals surface area (Å²) >= 11 is 0. The highest BCUT2D eigenvalue weighted by Gasteiger charge is 2.46. The highest BCUT2D eigenvalue weighted by atomic mass is 19.1. The number of carbonyl (C=O) groups excluding carboxylic acids is 3. The first kappa shape index (κ1) is 17.9. The molecule has 1 fully saturated rings. The van der Waals surface area contributed by atoms with Crippen LogP contribution in [0.25, 0.3) is 0 Å². The zero-order chi connectivity index (χ0) is 17.7. The van der Waals surface area contributed by atoms with Gasteiger partial charge in [0.25, 0.3) is 5.91 Å². The van der Waals surface area contributed by atoms with Gasteiger partial charge in [0.05, 0.1) is 5.41 Å². The lowest BCUT2D eigenvalue weighted by molar-refractivity contribution is -0.160. The molecule has 0 aromatic heterocycles. The van der Waals surface area contributed by atoms with Crippen molar-refractivity contribution >= 4 is 17.9 Å². The normalized spacial score (nSPS) is 17.0. The van der Waals surface area contributed by atoms with Crippen LogP contribution in [0, 0.1) is 5.82 Å². The SMILES string of the molecule is CNC(=O)NC(=O)[C@@H](C)OC(=O)C1(c2ccccc2F)CCCC1. The lowest BCUT2D eigenvalue weighted by Gasteiger charge is -2.29. The maximum atomic E-state index is 14.2. The van der Waals surface area contributed by atoms with Crippen LogP contribution in [0.15, 0.2) is 24.3 Å². The molecule has 0 aliphatic heterocycles. The molecule has 1 atom stereocenters. The number of benzene rings is 1. The lowest BCUT2D eigenvalue weighted by Crippen LogP contribution is -2.46. The van der Waals surface area contributed by atoms with Gasteiger partial charge >= 0.3 is 12.0 Å². The number of hydrogen-bond acceptors (Lipinski definition) is 4. The Morgan fingerprint density at radius 2 is 1.83 bits per heavy atom. The van der Waals surface area contributed by atoms with Gasteiger partial charge in [0.15, 0.2) is 6.10 Å². The number of amides is 3. The van der Waals surface area contributed by atoms with E-state index in [1.807, 2.05) is 5.32 Å². The Morgan fingerprint density at radius 3 is 2.42 bits per heavy atom. The van der Waals surface area contributed by atoms with Gasteiger partial charge in [0.1, 0.15) is 5.82 Å². The van der Waals surface area contributed by atoms with Gasteiger partial charge in [-0.3, -0.25) is 14.9 Å². The van der Waals surface area contributed by atoms with Gasteiger partial charge in [-0.25, -0.2) is 9.18 Å². The summed E-state index contributed by atoms with van der Waals surface area (Å²) in [7, 11) is 1.37. The second-order valence-corrected chi connectivity index (χ2v) is 5.88. The van der Waals surface area contributed by atoms with Crippen molar-refractivity contribution in [2.75, 3.05) is 7.05 Å². The number of rotatable bonds is 4. The molecule has 0 saturated heterocycles. The van der Waals surface area contributed by atoms with E-state index in [9.17, 15) is 18.8 Å². The first-order valence-electron chi connectivity index (χ1n) is 7.89. The van der Waals surface area contributed by atoms with Crippen molar-refractivity contribution in [1.29, 1.82) is 0 Å². The van der Waals surface area contributed by atoms with E-state index in [4.69, 9.17) is 4.74 Å². The quantitative estimate of drug-likeness (QED) is 0.824. The van der Waals surface area contributed by atoms with Crippen LogP contribution < -0.4 is 10.6 Å². The number of hydrogen-bond donors (Lipinski definition) is 2. The average Bonchev–Trinajstić information content (AvgIpc) is 3.05. The molecule has 0 spiro atoms. The maximum Gasteiger partial charge on any atom is 0.321 e. The summed E-state index contributed by atoms with van der Waals surface area (Å²) in [4.78, 5) is 35.7. The van der Waals surface area contributed by atoms with Gasteiger partial charge in [0, 0.05) is 12.6 Å². The summed E-state index contributed by atoms with van der Waals surface area (Å²) < 4.78 is 19.5. The summed E-state index contributed by atoms with van der Waals surface area (Å²) in [5.41, 5.74) is -0.779. The van der Waals surface area contributed by atoms with E-state index in [0.717, 1.165) is 12.8 Å². The maximum absolute atomic E-state index is 14.2. The Hall–Kier alpha value is -2.44. The van der Waals surface area contributed by atoms with Crippen LogP contribution in [0.3, 0.4) is 0 Å². The molecule has 3 amide bonds. The van der Waals surface area contributed by atoms with Gasteiger partial charge < -0.3 is 10.1 Å². The molecule has 0 radical (unpaired) electrons. The molecule has 24 heavy (non-hydrogen) atoms. The molecule has 1 aromatic carbocycles. The van der Waals surface area contributed by atoms with Gasteiger partial charge in [-0.2, -0.15) is 0 Å². The van der Waals surface area contributed by atoms with E-state index >= 15 is 0 Å². The van der Waals surface area contributed by atoms with Crippen molar-refractivity contribution in [1.82, 2.24) is 10.6 Å². The first-order valence-corrected chi connectivity index (χ1v) is 7.89. The van der Waals surface area contributed by atoms with Gasteiger partial charge in [-0.1, -0.05) is 31.0 Å². The van der Waals surface area contributed by atoms with Crippen LogP contribution in [0.5, 0.6) is 0 Å². The molecule has 2 rings (SSSR count). The average molecular weight is 336 g/mol. The number of nitrogens with one attached hydrogen (secondary N) is 2. The van der Waals surface area contributed by atoms with Crippen molar-refractivity contribution < 1.29 is 23.5 Å². The van der Waals surface area contributed by atoms with Crippen LogP contribution in [0.2, 0.25) is 0 Å². The number of urea groups is 1. The number of ether oxygens (including phenoxy) is 1. The highest BCUT2D eigenvalue weighted by molar-refractivity contribution is 5.97. The first-order chi connectivity index (χ1) is 11.4. The second-order valence-electron chi connectivity index (χ2n) is 5.88. The Bertz CT molecular complexity index is 641. The number of halogens is 1. The zero-order valence-corrected chi connectivity index (χ0v) is 13.7. The fourth-order valence-corrected chi connectivity index (χ4v) is 3.01. The Kier molecular flexibility index (Phi) is 5.54. The molecule has 1 aromatic rings. The Labute approximate surface area is 139 Å². The Morgan fingerprint density at radius 1 is 1.21 bits per heavy atom. The number of imide groups is 1. The molecule has 1 saturated carbocycles. The van der Waals surface area contributed by atoms with Gasteiger partial charge in [-0.05, 0) is 25.8 Å². The van der Waals surface area contributed by atoms with Crippen molar-refractivity contribution in [3.8, 4) is 0 Å². The molecular formula is C17H21FN2O4. The third-order valence-corrected chi connectivity index (χ3v) is 4.35. The number of esters is 1. The topological polar surface area (TPSA) is 84.5 Å². The van der Waals surface area contributed by atoms with Crippen LogP contribution in [-0.4, -0.2) is 31.1 Å². The van der Waals surface area contributed by atoms with E-state index in [-0.39, 0.29) is 0 Å². The molecule has 0 bridgehead atoms. The van der Waals surface area contributed by atoms with E-state index in [2.05, 4.69) is 5.32 Å². The summed E-state index contributed by atoms with van der Waals surface area (Å²) in [5, 5.41) is 4.29. The molecule has 1 aliphatic carbocycles. The van der Waals surface area contributed by atoms with Crippen molar-refractivity contribution in [2.45, 2.75) is 44.1 Å². The minimum absolute atomic E-state index is 0.298. The zero-order valence-electron chi connectivity index (χ0n) is 13.7. The van der Waals surface area contributed by atoms with Crippen molar-refractivity contribution in [3.63, 3.8) is 0 Å². The van der Waals surface area contributed by atoms with E-state index < -0.39 is 35.2 Å². The van der Waals surface area contributed by atoms with Crippen molar-refractivity contribution in [2.24, 2.45) is 0 Å². The molecule has 130 valence electrons. The highest BCUT2D eigenvalue weighted by Crippen LogP contribution is 2.43. The molecule has 0 unspecified atom stereocenters. The molecule has 0 heterocycles. The van der Waals surface area contributed by atoms with Crippen LogP contribution in [-0.2, 0) is 19.7 Å². The predicted molar refractivity (Wildman–Crippen MR) is 84.7 cm³/mol. The van der Waals surface area contributed by atoms with Gasteiger partial charge in [0.2, 0.25) is 0 Å².